The van der Waals surface area contributed by atoms with E-state index >= 15 is 0 Å². The standard InChI is InChI=1S/C56H82O18/c1-29(57)37-19-22-56(63)54(37,7)43(71-44(60)16-15-34-13-11-10-12-14-34)28-42-53(6)20-18-36(23-35(53)17-21-55(42,56)62)70-47-27-41(65-9)52(33(5)69-47)74-46-25-39(59)50(31(3)68-46)72-45-24-38(58)51(32(4)67-45)73-48-26-40(64-8)49(61)30(2)66-48/h10-17,30-33,36-43,45-52,58-59,61-63H,18-28H2,1-9H3/t30-,31+,32+,33+,36-,37-,38-,39+,40-,41-,42-,43+,45-,46-,47-,48+,49+,50-,51+,52-,53+,54+,55-,56+/m1/s1. The van der Waals surface area contributed by atoms with Crippen molar-refractivity contribution in [3.05, 3.63) is 53.6 Å². The number of benzene rings is 1. The first-order valence-electron chi connectivity index (χ1n) is 27.0. The lowest BCUT2D eigenvalue weighted by Crippen LogP contribution is -2.75. The van der Waals surface area contributed by atoms with E-state index in [4.69, 9.17) is 52.1 Å². The summed E-state index contributed by atoms with van der Waals surface area (Å²) in [6.07, 6.45) is -2.96. The van der Waals surface area contributed by atoms with Crippen molar-refractivity contribution in [3.8, 4) is 0 Å². The number of carbonyl (C=O) groups excluding carboxylic acids is 2. The molecule has 0 radical (unpaired) electrons. The van der Waals surface area contributed by atoms with Crippen LogP contribution in [0.25, 0.3) is 6.08 Å². The summed E-state index contributed by atoms with van der Waals surface area (Å²) in [6.45, 7) is 12.7. The Kier molecular flexibility index (Phi) is 16.8. The number of Topliss-reactive ketones (excluding diaryl/α,β-unsaturated/α-hetero) is 1. The molecule has 9 rings (SSSR count). The van der Waals surface area contributed by atoms with Crippen LogP contribution in [-0.4, -0.2) is 173 Å². The van der Waals surface area contributed by atoms with E-state index in [9.17, 15) is 35.1 Å². The molecule has 8 aliphatic rings. The van der Waals surface area contributed by atoms with Gasteiger partial charge in [0.25, 0.3) is 0 Å². The molecule has 414 valence electrons. The maximum absolute atomic E-state index is 13.6. The zero-order valence-corrected chi connectivity index (χ0v) is 44.5. The highest BCUT2D eigenvalue weighted by Crippen LogP contribution is 2.70. The zero-order valence-electron chi connectivity index (χ0n) is 44.5. The predicted molar refractivity (Wildman–Crippen MR) is 264 cm³/mol. The van der Waals surface area contributed by atoms with E-state index in [1.54, 1.807) is 34.0 Å². The lowest BCUT2D eigenvalue weighted by atomic mass is 9.43. The molecule has 4 aliphatic carbocycles. The molecule has 74 heavy (non-hydrogen) atoms. The van der Waals surface area contributed by atoms with Crippen LogP contribution in [0.2, 0.25) is 0 Å². The predicted octanol–water partition coefficient (Wildman–Crippen LogP) is 4.81. The number of ketones is 1. The molecule has 18 heteroatoms. The first-order chi connectivity index (χ1) is 35.1. The maximum Gasteiger partial charge on any atom is 0.331 e. The Morgan fingerprint density at radius 2 is 1.24 bits per heavy atom. The molecule has 1 aromatic rings. The van der Waals surface area contributed by atoms with Crippen molar-refractivity contribution in [1.82, 2.24) is 0 Å². The fraction of sp³-hybridized carbons (Fsp3) is 0.786. The van der Waals surface area contributed by atoms with Gasteiger partial charge in [0.2, 0.25) is 0 Å². The molecule has 3 saturated carbocycles. The molecular formula is C56H82O18. The Hall–Kier alpha value is -2.76. The normalized spacial score (nSPS) is 48.5. The van der Waals surface area contributed by atoms with Gasteiger partial charge in [-0.25, -0.2) is 4.79 Å². The molecule has 1 aromatic carbocycles. The van der Waals surface area contributed by atoms with Crippen molar-refractivity contribution in [1.29, 1.82) is 0 Å². The first-order valence-corrected chi connectivity index (χ1v) is 27.0. The maximum atomic E-state index is 13.6. The first kappa shape index (κ1) is 56.0. The molecular weight excluding hydrogens is 961 g/mol. The molecule has 0 aromatic heterocycles. The zero-order chi connectivity index (χ0) is 53.1. The summed E-state index contributed by atoms with van der Waals surface area (Å²) in [6, 6.07) is 9.44. The Bertz CT molecular complexity index is 2150. The highest BCUT2D eigenvalue weighted by atomic mass is 16.8. The van der Waals surface area contributed by atoms with Gasteiger partial charge in [0, 0.05) is 63.2 Å². The largest absolute Gasteiger partial charge is 0.458 e. The molecule has 5 N–H and O–H groups in total. The highest BCUT2D eigenvalue weighted by molar-refractivity contribution is 5.87. The topological polar surface area (TPSA) is 237 Å². The molecule has 18 nitrogen and oxygen atoms in total. The summed E-state index contributed by atoms with van der Waals surface area (Å²) in [5.41, 5.74) is -3.07. The lowest BCUT2D eigenvalue weighted by molar-refractivity contribution is -0.345. The van der Waals surface area contributed by atoms with Crippen LogP contribution in [0.15, 0.2) is 48.1 Å². The third-order valence-electron chi connectivity index (χ3n) is 18.8. The van der Waals surface area contributed by atoms with Gasteiger partial charge in [0.05, 0.1) is 54.9 Å². The highest BCUT2D eigenvalue weighted by Gasteiger charge is 2.77. The molecule has 0 bridgehead atoms. The number of carbonyl (C=O) groups is 2. The van der Waals surface area contributed by atoms with Crippen LogP contribution in [-0.2, 0) is 61.7 Å². The van der Waals surface area contributed by atoms with E-state index in [0.717, 1.165) is 11.1 Å². The summed E-state index contributed by atoms with van der Waals surface area (Å²) in [5.74, 6) is -1.72. The molecule has 7 fully saturated rings. The van der Waals surface area contributed by atoms with E-state index in [0.29, 0.717) is 38.5 Å². The number of ether oxygens (including phenoxy) is 11. The second kappa shape index (κ2) is 22.2. The van der Waals surface area contributed by atoms with Gasteiger partial charge < -0.3 is 77.6 Å². The number of rotatable bonds is 14. The summed E-state index contributed by atoms with van der Waals surface area (Å²) >= 11 is 0. The van der Waals surface area contributed by atoms with Crippen LogP contribution < -0.4 is 0 Å². The summed E-state index contributed by atoms with van der Waals surface area (Å²) < 4.78 is 68.2. The fourth-order valence-electron chi connectivity index (χ4n) is 14.6. The van der Waals surface area contributed by atoms with Crippen molar-refractivity contribution in [2.75, 3.05) is 14.2 Å². The van der Waals surface area contributed by atoms with E-state index in [1.165, 1.54) is 20.1 Å². The smallest absolute Gasteiger partial charge is 0.331 e. The summed E-state index contributed by atoms with van der Waals surface area (Å²) in [5, 5.41) is 58.8. The Morgan fingerprint density at radius 3 is 1.84 bits per heavy atom. The van der Waals surface area contributed by atoms with Crippen molar-refractivity contribution in [2.24, 2.45) is 22.7 Å². The van der Waals surface area contributed by atoms with Gasteiger partial charge >= 0.3 is 5.97 Å². The molecule has 0 unspecified atom stereocenters. The minimum absolute atomic E-state index is 0.0849. The molecule has 0 amide bonds. The van der Waals surface area contributed by atoms with Gasteiger partial charge in [0.15, 0.2) is 25.2 Å². The lowest BCUT2D eigenvalue weighted by Gasteiger charge is -2.66. The number of aliphatic hydroxyl groups excluding tert-OH is 3. The SMILES string of the molecule is CO[C@@H]1C[C@H](O[C@@H]2[C@H](O)C[C@@H](O[C@@H]3[C@H](C)O[C@H](O[C@@H]4[C@H](C)O[C@H](O[C@@H]5CC[C@@]6(C)C(=CC[C@@]7(O)[C@@H]6C[C@H](OC(=O)C=Cc6ccccc6)[C@]6(C)[C@@H](C(C)=O)CC[C@]67O)C5)C[C@H]4OC)C[C@@H]3O)O[C@H]2C)O[C@H](C)[C@@H]1O. The molecule has 0 spiro atoms. The van der Waals surface area contributed by atoms with Gasteiger partial charge in [-0.2, -0.15) is 0 Å². The number of methoxy groups -OCH3 is 2. The van der Waals surface area contributed by atoms with Gasteiger partial charge in [-0.1, -0.05) is 55.8 Å². The third-order valence-corrected chi connectivity index (χ3v) is 18.8. The quantitative estimate of drug-likeness (QED) is 0.0955. The average molecular weight is 1040 g/mol. The molecule has 4 aliphatic heterocycles. The fourth-order valence-corrected chi connectivity index (χ4v) is 14.6. The van der Waals surface area contributed by atoms with Crippen molar-refractivity contribution in [3.63, 3.8) is 0 Å². The Balaban J connectivity index is 0.790. The van der Waals surface area contributed by atoms with Gasteiger partial charge in [-0.05, 0) is 96.6 Å². The van der Waals surface area contributed by atoms with E-state index in [1.807, 2.05) is 44.2 Å². The minimum Gasteiger partial charge on any atom is -0.458 e. The van der Waals surface area contributed by atoms with Gasteiger partial charge in [-0.3, -0.25) is 4.79 Å². The number of esters is 1. The number of hydrogen-bond acceptors (Lipinski definition) is 18. The van der Waals surface area contributed by atoms with Crippen LogP contribution >= 0.6 is 0 Å². The Labute approximate surface area is 435 Å². The summed E-state index contributed by atoms with van der Waals surface area (Å²) in [4.78, 5) is 26.8. The van der Waals surface area contributed by atoms with Crippen LogP contribution in [0.4, 0.5) is 0 Å². The molecule has 24 atom stereocenters. The monoisotopic (exact) mass is 1040 g/mol. The average Bonchev–Trinajstić information content (AvgIpc) is 3.66. The minimum atomic E-state index is -1.69. The van der Waals surface area contributed by atoms with Crippen LogP contribution in [0.5, 0.6) is 0 Å². The van der Waals surface area contributed by atoms with Gasteiger partial charge in [0.1, 0.15) is 47.5 Å². The number of hydrogen-bond donors (Lipinski definition) is 5. The van der Waals surface area contributed by atoms with E-state index < -0.39 is 144 Å². The molecule has 4 saturated heterocycles. The van der Waals surface area contributed by atoms with Crippen LogP contribution in [0.1, 0.15) is 125 Å². The number of aliphatic hydroxyl groups is 5. The number of fused-ring (bicyclic) bond motifs is 5. The summed E-state index contributed by atoms with van der Waals surface area (Å²) in [7, 11) is 3.14. The van der Waals surface area contributed by atoms with Crippen molar-refractivity contribution >= 4 is 17.8 Å². The third kappa shape index (κ3) is 10.4. The van der Waals surface area contributed by atoms with E-state index in [2.05, 4.69) is 13.0 Å². The second-order valence-electron chi connectivity index (χ2n) is 23.1. The molecule has 4 heterocycles. The van der Waals surface area contributed by atoms with Crippen LogP contribution in [0, 0.1) is 22.7 Å². The van der Waals surface area contributed by atoms with Crippen molar-refractivity contribution in [2.45, 2.75) is 241 Å². The second-order valence-corrected chi connectivity index (χ2v) is 23.1. The van der Waals surface area contributed by atoms with Crippen molar-refractivity contribution < 1.29 is 87.2 Å². The van der Waals surface area contributed by atoms with Crippen LogP contribution in [0.3, 0.4) is 0 Å². The Morgan fingerprint density at radius 1 is 0.689 bits per heavy atom. The van der Waals surface area contributed by atoms with E-state index in [-0.39, 0.29) is 44.0 Å². The van der Waals surface area contributed by atoms with Gasteiger partial charge in [-0.15, -0.1) is 0 Å².